The predicted molar refractivity (Wildman–Crippen MR) is 132 cm³/mol. The van der Waals surface area contributed by atoms with Crippen molar-refractivity contribution in [2.45, 2.75) is 13.1 Å². The van der Waals surface area contributed by atoms with Crippen LogP contribution in [0.25, 0.3) is 22.5 Å². The standard InChI is InChI=1S/C26H21ClF3N5O2/c1-16-19(7-13-37-16)25(36)35-11-9-34(10-12-35)22-15-32-23(17-2-4-18(5-3-17)26(28,29)30)24(33-22)20-6-8-31-14-21(20)27/h2-8,13-15H,9-12H2,1H3. The number of hydrogen-bond donors (Lipinski definition) is 0. The Morgan fingerprint density at radius 2 is 1.73 bits per heavy atom. The van der Waals surface area contributed by atoms with Crippen molar-refractivity contribution in [3.8, 4) is 22.5 Å². The molecular formula is C26H21ClF3N5O2. The number of anilines is 1. The number of carbonyl (C=O) groups excluding carboxylic acids is 1. The van der Waals surface area contributed by atoms with Gasteiger partial charge in [0.05, 0.1) is 34.3 Å². The largest absolute Gasteiger partial charge is 0.469 e. The van der Waals surface area contributed by atoms with Gasteiger partial charge in [0.2, 0.25) is 0 Å². The molecule has 0 aliphatic carbocycles. The molecule has 0 unspecified atom stereocenters. The molecule has 11 heteroatoms. The number of alkyl halides is 3. The van der Waals surface area contributed by atoms with Crippen LogP contribution in [0.15, 0.2) is 65.7 Å². The number of nitrogens with zero attached hydrogens (tertiary/aromatic N) is 5. The summed E-state index contributed by atoms with van der Waals surface area (Å²) in [6, 6.07) is 8.12. The van der Waals surface area contributed by atoms with E-state index < -0.39 is 11.7 Å². The molecule has 1 aliphatic heterocycles. The van der Waals surface area contributed by atoms with Crippen LogP contribution in [0, 0.1) is 6.92 Å². The van der Waals surface area contributed by atoms with Gasteiger partial charge in [-0.1, -0.05) is 23.7 Å². The number of benzene rings is 1. The number of aryl methyl sites for hydroxylation is 1. The second-order valence-corrected chi connectivity index (χ2v) is 8.93. The molecule has 1 saturated heterocycles. The molecule has 0 bridgehead atoms. The first-order valence-electron chi connectivity index (χ1n) is 11.5. The number of carbonyl (C=O) groups is 1. The Morgan fingerprint density at radius 3 is 2.35 bits per heavy atom. The summed E-state index contributed by atoms with van der Waals surface area (Å²) in [5.74, 6) is 1.07. The third-order valence-corrected chi connectivity index (χ3v) is 6.55. The first kappa shape index (κ1) is 24.8. The molecular weight excluding hydrogens is 507 g/mol. The van der Waals surface area contributed by atoms with Crippen molar-refractivity contribution in [3.05, 3.63) is 83.2 Å². The molecule has 4 heterocycles. The van der Waals surface area contributed by atoms with E-state index in [1.54, 1.807) is 36.4 Å². The normalized spacial score (nSPS) is 14.2. The third-order valence-electron chi connectivity index (χ3n) is 6.25. The van der Waals surface area contributed by atoms with Crippen molar-refractivity contribution in [3.63, 3.8) is 0 Å². The minimum absolute atomic E-state index is 0.0844. The molecule has 1 fully saturated rings. The van der Waals surface area contributed by atoms with Gasteiger partial charge in [0.15, 0.2) is 0 Å². The number of rotatable bonds is 4. The SMILES string of the molecule is Cc1occc1C(=O)N1CCN(c2cnc(-c3ccc(C(F)(F)F)cc3)c(-c3ccncc3Cl)n2)CC1. The van der Waals surface area contributed by atoms with E-state index in [1.165, 1.54) is 24.6 Å². The van der Waals surface area contributed by atoms with Gasteiger partial charge in [-0.05, 0) is 31.2 Å². The fraction of sp³-hybridized carbons (Fsp3) is 0.231. The van der Waals surface area contributed by atoms with E-state index >= 15 is 0 Å². The van der Waals surface area contributed by atoms with Crippen LogP contribution >= 0.6 is 11.6 Å². The lowest BCUT2D eigenvalue weighted by Crippen LogP contribution is -2.49. The lowest BCUT2D eigenvalue weighted by molar-refractivity contribution is -0.137. The second-order valence-electron chi connectivity index (χ2n) is 8.53. The Balaban J connectivity index is 1.44. The number of piperazine rings is 1. The number of pyridine rings is 1. The van der Waals surface area contributed by atoms with Gasteiger partial charge in [-0.3, -0.25) is 14.8 Å². The van der Waals surface area contributed by atoms with Crippen LogP contribution in [-0.4, -0.2) is 51.9 Å². The second kappa shape index (κ2) is 9.85. The number of halogens is 4. The number of hydrogen-bond acceptors (Lipinski definition) is 6. The minimum Gasteiger partial charge on any atom is -0.469 e. The van der Waals surface area contributed by atoms with Crippen molar-refractivity contribution >= 4 is 23.3 Å². The van der Waals surface area contributed by atoms with Crippen LogP contribution in [0.5, 0.6) is 0 Å². The molecule has 7 nitrogen and oxygen atoms in total. The average molecular weight is 528 g/mol. The topological polar surface area (TPSA) is 75.4 Å². The van der Waals surface area contributed by atoms with Crippen molar-refractivity contribution in [2.75, 3.05) is 31.1 Å². The monoisotopic (exact) mass is 527 g/mol. The van der Waals surface area contributed by atoms with Gasteiger partial charge in [0, 0.05) is 49.7 Å². The summed E-state index contributed by atoms with van der Waals surface area (Å²) in [6.07, 6.45) is 1.69. The Bertz CT molecular complexity index is 1430. The molecule has 0 radical (unpaired) electrons. The first-order chi connectivity index (χ1) is 17.7. The number of aromatic nitrogens is 3. The van der Waals surface area contributed by atoms with Gasteiger partial charge in [-0.2, -0.15) is 13.2 Å². The van der Waals surface area contributed by atoms with E-state index in [9.17, 15) is 18.0 Å². The van der Waals surface area contributed by atoms with Gasteiger partial charge in [-0.25, -0.2) is 4.98 Å². The van der Waals surface area contributed by atoms with Crippen molar-refractivity contribution in [2.24, 2.45) is 0 Å². The Hall–Kier alpha value is -3.92. The van der Waals surface area contributed by atoms with Gasteiger partial charge < -0.3 is 14.2 Å². The molecule has 4 aromatic rings. The summed E-state index contributed by atoms with van der Waals surface area (Å²) in [4.78, 5) is 30.0. The van der Waals surface area contributed by atoms with E-state index in [1.807, 2.05) is 4.90 Å². The number of furan rings is 1. The summed E-state index contributed by atoms with van der Waals surface area (Å²) in [6.45, 7) is 3.78. The fourth-order valence-electron chi connectivity index (χ4n) is 4.23. The highest BCUT2D eigenvalue weighted by Crippen LogP contribution is 2.36. The molecule has 37 heavy (non-hydrogen) atoms. The van der Waals surface area contributed by atoms with Crippen molar-refractivity contribution < 1.29 is 22.4 Å². The maximum absolute atomic E-state index is 13.1. The molecule has 1 aromatic carbocycles. The first-order valence-corrected chi connectivity index (χ1v) is 11.8. The lowest BCUT2D eigenvalue weighted by Gasteiger charge is -2.35. The van der Waals surface area contributed by atoms with Crippen LogP contribution in [-0.2, 0) is 6.18 Å². The summed E-state index contributed by atoms with van der Waals surface area (Å²) in [7, 11) is 0. The molecule has 190 valence electrons. The van der Waals surface area contributed by atoms with Crippen LogP contribution in [0.3, 0.4) is 0 Å². The number of amides is 1. The van der Waals surface area contributed by atoms with E-state index in [0.717, 1.165) is 12.1 Å². The molecule has 0 N–H and O–H groups in total. The highest BCUT2D eigenvalue weighted by molar-refractivity contribution is 6.33. The molecule has 0 spiro atoms. The summed E-state index contributed by atoms with van der Waals surface area (Å²) < 4.78 is 44.5. The molecule has 0 saturated carbocycles. The van der Waals surface area contributed by atoms with Crippen LogP contribution in [0.1, 0.15) is 21.7 Å². The fourth-order valence-corrected chi connectivity index (χ4v) is 4.44. The zero-order valence-corrected chi connectivity index (χ0v) is 20.4. The predicted octanol–water partition coefficient (Wildman–Crippen LogP) is 5.74. The van der Waals surface area contributed by atoms with Crippen molar-refractivity contribution in [1.29, 1.82) is 0 Å². The van der Waals surface area contributed by atoms with Gasteiger partial charge >= 0.3 is 6.18 Å². The Labute approximate surface area is 215 Å². The molecule has 1 aliphatic rings. The van der Waals surface area contributed by atoms with Gasteiger partial charge in [0.25, 0.3) is 5.91 Å². The zero-order chi connectivity index (χ0) is 26.2. The maximum Gasteiger partial charge on any atom is 0.416 e. The Kier molecular flexibility index (Phi) is 6.59. The van der Waals surface area contributed by atoms with E-state index in [0.29, 0.717) is 70.9 Å². The lowest BCUT2D eigenvalue weighted by atomic mass is 10.0. The van der Waals surface area contributed by atoms with Crippen LogP contribution in [0.4, 0.5) is 19.0 Å². The van der Waals surface area contributed by atoms with Crippen LogP contribution in [0.2, 0.25) is 5.02 Å². The van der Waals surface area contributed by atoms with E-state index in [4.69, 9.17) is 21.0 Å². The average Bonchev–Trinajstić information content (AvgIpc) is 3.33. The summed E-state index contributed by atoms with van der Waals surface area (Å²) in [5.41, 5.74) is 1.66. The molecule has 1 amide bonds. The van der Waals surface area contributed by atoms with Crippen molar-refractivity contribution in [1.82, 2.24) is 19.9 Å². The Morgan fingerprint density at radius 1 is 1.00 bits per heavy atom. The molecule has 3 aromatic heterocycles. The van der Waals surface area contributed by atoms with Crippen LogP contribution < -0.4 is 4.90 Å². The maximum atomic E-state index is 13.1. The molecule has 5 rings (SSSR count). The van der Waals surface area contributed by atoms with E-state index in [-0.39, 0.29) is 5.91 Å². The highest BCUT2D eigenvalue weighted by atomic mass is 35.5. The quantitative estimate of drug-likeness (QED) is 0.337. The zero-order valence-electron chi connectivity index (χ0n) is 19.7. The molecule has 0 atom stereocenters. The van der Waals surface area contributed by atoms with E-state index in [2.05, 4.69) is 9.97 Å². The summed E-state index contributed by atoms with van der Waals surface area (Å²) in [5, 5.41) is 0.341. The van der Waals surface area contributed by atoms with Gasteiger partial charge in [-0.15, -0.1) is 0 Å². The third kappa shape index (κ3) is 5.01. The van der Waals surface area contributed by atoms with Gasteiger partial charge in [0.1, 0.15) is 17.3 Å². The minimum atomic E-state index is -4.44. The summed E-state index contributed by atoms with van der Waals surface area (Å²) >= 11 is 6.41. The smallest absolute Gasteiger partial charge is 0.416 e. The highest BCUT2D eigenvalue weighted by Gasteiger charge is 2.30.